The van der Waals surface area contributed by atoms with E-state index >= 15 is 0 Å². The Morgan fingerprint density at radius 2 is 2.28 bits per heavy atom. The van der Waals surface area contributed by atoms with Crippen molar-refractivity contribution in [3.63, 3.8) is 0 Å². The minimum Gasteiger partial charge on any atom is -0.349 e. The summed E-state index contributed by atoms with van der Waals surface area (Å²) < 4.78 is 1.69. The zero-order valence-electron chi connectivity index (χ0n) is 10.6. The van der Waals surface area contributed by atoms with Crippen molar-refractivity contribution in [2.24, 2.45) is 11.7 Å². The second-order valence-corrected chi connectivity index (χ2v) is 4.56. The molecule has 5 heteroatoms. The monoisotopic (exact) mass is 246 g/mol. The fourth-order valence-electron chi connectivity index (χ4n) is 1.74. The zero-order valence-corrected chi connectivity index (χ0v) is 10.6. The molecular weight excluding hydrogens is 228 g/mol. The smallest absolute Gasteiger partial charge is 0.255 e. The fraction of sp³-hybridized carbons (Fsp3) is 0.385. The average molecular weight is 246 g/mol. The van der Waals surface area contributed by atoms with Gasteiger partial charge in [0.2, 0.25) is 0 Å². The Balaban J connectivity index is 2.19. The summed E-state index contributed by atoms with van der Waals surface area (Å²) in [7, 11) is 0. The summed E-state index contributed by atoms with van der Waals surface area (Å²) in [5, 5.41) is 7.10. The first-order valence-corrected chi connectivity index (χ1v) is 6.06. The number of nitrogens with zero attached hydrogens (tertiary/aromatic N) is 2. The third-order valence-electron chi connectivity index (χ3n) is 3.26. The molecule has 2 atom stereocenters. The number of amides is 1. The summed E-state index contributed by atoms with van der Waals surface area (Å²) in [4.78, 5) is 12.1. The standard InChI is InChI=1S/C13H18N4O/c1-9(7-14)10(2)16-13(18)11-8-15-17-6-4-3-5-12(11)17/h3-6,8-10H,7,14H2,1-2H3,(H,16,18). The molecule has 2 rings (SSSR count). The summed E-state index contributed by atoms with van der Waals surface area (Å²) >= 11 is 0. The number of rotatable bonds is 4. The van der Waals surface area contributed by atoms with E-state index < -0.39 is 0 Å². The van der Waals surface area contributed by atoms with Crippen LogP contribution in [0.3, 0.4) is 0 Å². The minimum absolute atomic E-state index is 0.0427. The van der Waals surface area contributed by atoms with Crippen LogP contribution in [0.25, 0.3) is 5.52 Å². The summed E-state index contributed by atoms with van der Waals surface area (Å²) in [6.45, 7) is 4.53. The SMILES string of the molecule is CC(CN)C(C)NC(=O)c1cnn2ccccc12. The maximum absolute atomic E-state index is 12.1. The first-order valence-electron chi connectivity index (χ1n) is 6.06. The summed E-state index contributed by atoms with van der Waals surface area (Å²) in [6.07, 6.45) is 3.41. The molecule has 0 fully saturated rings. The van der Waals surface area contributed by atoms with Crippen LogP contribution in [-0.4, -0.2) is 28.1 Å². The van der Waals surface area contributed by atoms with Crippen molar-refractivity contribution in [2.45, 2.75) is 19.9 Å². The van der Waals surface area contributed by atoms with Crippen LogP contribution in [0.4, 0.5) is 0 Å². The number of aromatic nitrogens is 2. The number of nitrogens with two attached hydrogens (primary N) is 1. The van der Waals surface area contributed by atoms with Gasteiger partial charge in [-0.1, -0.05) is 13.0 Å². The lowest BCUT2D eigenvalue weighted by atomic mass is 10.0. The molecule has 0 spiro atoms. The average Bonchev–Trinajstić information content (AvgIpc) is 2.81. The second-order valence-electron chi connectivity index (χ2n) is 4.56. The molecule has 0 aromatic carbocycles. The van der Waals surface area contributed by atoms with Crippen LogP contribution in [0, 0.1) is 5.92 Å². The molecule has 0 saturated carbocycles. The lowest BCUT2D eigenvalue weighted by molar-refractivity contribution is 0.0931. The molecule has 0 aliphatic heterocycles. The summed E-state index contributed by atoms with van der Waals surface area (Å²) in [5.41, 5.74) is 6.99. The molecule has 0 radical (unpaired) electrons. The number of carbonyl (C=O) groups excluding carboxylic acids is 1. The Morgan fingerprint density at radius 3 is 3.00 bits per heavy atom. The van der Waals surface area contributed by atoms with E-state index in [-0.39, 0.29) is 17.9 Å². The van der Waals surface area contributed by atoms with Gasteiger partial charge in [-0.2, -0.15) is 5.10 Å². The molecule has 18 heavy (non-hydrogen) atoms. The van der Waals surface area contributed by atoms with Crippen LogP contribution in [0.5, 0.6) is 0 Å². The first-order chi connectivity index (χ1) is 8.63. The van der Waals surface area contributed by atoms with E-state index in [0.717, 1.165) is 5.52 Å². The highest BCUT2D eigenvalue weighted by atomic mass is 16.1. The van der Waals surface area contributed by atoms with Crippen LogP contribution in [-0.2, 0) is 0 Å². The van der Waals surface area contributed by atoms with Crippen molar-refractivity contribution in [3.8, 4) is 0 Å². The first kappa shape index (κ1) is 12.6. The Bertz CT molecular complexity index is 549. The normalized spacial score (nSPS) is 14.4. The number of pyridine rings is 1. The van der Waals surface area contributed by atoms with Crippen molar-refractivity contribution in [1.29, 1.82) is 0 Å². The maximum atomic E-state index is 12.1. The van der Waals surface area contributed by atoms with Crippen molar-refractivity contribution in [1.82, 2.24) is 14.9 Å². The summed E-state index contributed by atoms with van der Waals surface area (Å²) in [6, 6.07) is 5.68. The Hall–Kier alpha value is -1.88. The molecule has 0 aliphatic carbocycles. The van der Waals surface area contributed by atoms with Crippen molar-refractivity contribution >= 4 is 11.4 Å². The third-order valence-corrected chi connectivity index (χ3v) is 3.26. The van der Waals surface area contributed by atoms with Crippen LogP contribution < -0.4 is 11.1 Å². The van der Waals surface area contributed by atoms with Gasteiger partial charge in [-0.05, 0) is 31.5 Å². The van der Waals surface area contributed by atoms with Gasteiger partial charge in [0, 0.05) is 12.2 Å². The molecule has 0 aliphatic rings. The van der Waals surface area contributed by atoms with Gasteiger partial charge in [0.1, 0.15) is 0 Å². The van der Waals surface area contributed by atoms with Crippen LogP contribution in [0.15, 0.2) is 30.6 Å². The highest BCUT2D eigenvalue weighted by Crippen LogP contribution is 2.10. The van der Waals surface area contributed by atoms with E-state index in [0.29, 0.717) is 12.1 Å². The molecule has 2 heterocycles. The van der Waals surface area contributed by atoms with E-state index in [9.17, 15) is 4.79 Å². The van der Waals surface area contributed by atoms with Gasteiger partial charge in [-0.25, -0.2) is 4.52 Å². The third kappa shape index (κ3) is 2.36. The molecule has 2 aromatic heterocycles. The van der Waals surface area contributed by atoms with Crippen LogP contribution in [0.2, 0.25) is 0 Å². The molecule has 5 nitrogen and oxygen atoms in total. The highest BCUT2D eigenvalue weighted by molar-refractivity contribution is 6.00. The molecule has 0 bridgehead atoms. The van der Waals surface area contributed by atoms with Crippen molar-refractivity contribution in [2.75, 3.05) is 6.54 Å². The van der Waals surface area contributed by atoms with Gasteiger partial charge in [0.25, 0.3) is 5.91 Å². The lowest BCUT2D eigenvalue weighted by Crippen LogP contribution is -2.39. The lowest BCUT2D eigenvalue weighted by Gasteiger charge is -2.19. The number of fused-ring (bicyclic) bond motifs is 1. The molecule has 96 valence electrons. The molecule has 0 saturated heterocycles. The van der Waals surface area contributed by atoms with Crippen molar-refractivity contribution in [3.05, 3.63) is 36.2 Å². The quantitative estimate of drug-likeness (QED) is 0.847. The number of hydrogen-bond donors (Lipinski definition) is 2. The van der Waals surface area contributed by atoms with Gasteiger partial charge < -0.3 is 11.1 Å². The second kappa shape index (κ2) is 5.18. The van der Waals surface area contributed by atoms with E-state index in [1.54, 1.807) is 10.7 Å². The predicted octanol–water partition coefficient (Wildman–Crippen LogP) is 1.05. The number of carbonyl (C=O) groups is 1. The van der Waals surface area contributed by atoms with Crippen LogP contribution in [0.1, 0.15) is 24.2 Å². The Kier molecular flexibility index (Phi) is 3.62. The van der Waals surface area contributed by atoms with E-state index in [2.05, 4.69) is 10.4 Å². The van der Waals surface area contributed by atoms with E-state index in [1.165, 1.54) is 0 Å². The molecule has 2 unspecified atom stereocenters. The maximum Gasteiger partial charge on any atom is 0.255 e. The number of hydrogen-bond acceptors (Lipinski definition) is 3. The van der Waals surface area contributed by atoms with Gasteiger partial charge in [-0.15, -0.1) is 0 Å². The Morgan fingerprint density at radius 1 is 1.50 bits per heavy atom. The van der Waals surface area contributed by atoms with Gasteiger partial charge in [0.15, 0.2) is 0 Å². The van der Waals surface area contributed by atoms with E-state index in [4.69, 9.17) is 5.73 Å². The van der Waals surface area contributed by atoms with Gasteiger partial charge >= 0.3 is 0 Å². The fourth-order valence-corrected chi connectivity index (χ4v) is 1.74. The summed E-state index contributed by atoms with van der Waals surface area (Å²) in [5.74, 6) is 0.139. The van der Waals surface area contributed by atoms with Crippen molar-refractivity contribution < 1.29 is 4.79 Å². The van der Waals surface area contributed by atoms with Crippen LogP contribution >= 0.6 is 0 Å². The molecule has 1 amide bonds. The predicted molar refractivity (Wildman–Crippen MR) is 70.3 cm³/mol. The Labute approximate surface area is 106 Å². The molecule has 2 aromatic rings. The van der Waals surface area contributed by atoms with Gasteiger partial charge in [0.05, 0.1) is 17.3 Å². The van der Waals surface area contributed by atoms with E-state index in [1.807, 2.05) is 38.2 Å². The molecular formula is C13H18N4O. The minimum atomic E-state index is -0.107. The zero-order chi connectivity index (χ0) is 13.1. The largest absolute Gasteiger partial charge is 0.349 e. The molecule has 3 N–H and O–H groups in total. The topological polar surface area (TPSA) is 72.4 Å². The highest BCUT2D eigenvalue weighted by Gasteiger charge is 2.17. The number of nitrogens with one attached hydrogen (secondary N) is 1. The van der Waals surface area contributed by atoms with Gasteiger partial charge in [-0.3, -0.25) is 4.79 Å².